The molecule has 2 rings (SSSR count). The van der Waals surface area contributed by atoms with E-state index in [-0.39, 0.29) is 10.6 Å². The first kappa shape index (κ1) is 15.4. The standard InChI is InChI=1S/C16H17NO3S/c1-3-10-20-13-5-7-14(8-6-13)21-16-9-4-12(2)11-15(16)17(18)19/h4-9,11H,3,10H2,1-2H3. The Morgan fingerprint density at radius 1 is 1.19 bits per heavy atom. The van der Waals surface area contributed by atoms with Crippen molar-refractivity contribution in [2.75, 3.05) is 6.61 Å². The van der Waals surface area contributed by atoms with Gasteiger partial charge in [0.15, 0.2) is 0 Å². The van der Waals surface area contributed by atoms with Crippen LogP contribution in [0.1, 0.15) is 18.9 Å². The van der Waals surface area contributed by atoms with Gasteiger partial charge in [-0.25, -0.2) is 0 Å². The van der Waals surface area contributed by atoms with Gasteiger partial charge in [0.1, 0.15) is 5.75 Å². The van der Waals surface area contributed by atoms with Crippen LogP contribution in [0.4, 0.5) is 5.69 Å². The Hall–Kier alpha value is -2.01. The first-order chi connectivity index (χ1) is 10.1. The molecule has 0 bridgehead atoms. The molecule has 0 aromatic heterocycles. The zero-order chi connectivity index (χ0) is 15.2. The third-order valence-corrected chi connectivity index (χ3v) is 3.91. The molecule has 0 aliphatic rings. The molecule has 0 amide bonds. The lowest BCUT2D eigenvalue weighted by molar-refractivity contribution is -0.387. The highest BCUT2D eigenvalue weighted by Gasteiger charge is 2.14. The molecule has 0 atom stereocenters. The summed E-state index contributed by atoms with van der Waals surface area (Å²) in [6.07, 6.45) is 0.964. The minimum absolute atomic E-state index is 0.145. The molecular formula is C16H17NO3S. The molecule has 0 aliphatic heterocycles. The summed E-state index contributed by atoms with van der Waals surface area (Å²) >= 11 is 1.39. The Balaban J connectivity index is 2.16. The second-order valence-electron chi connectivity index (χ2n) is 4.65. The molecule has 0 aliphatic carbocycles. The predicted octanol–water partition coefficient (Wildman–Crippen LogP) is 4.84. The van der Waals surface area contributed by atoms with Crippen LogP contribution in [0.5, 0.6) is 5.75 Å². The highest BCUT2D eigenvalue weighted by Crippen LogP contribution is 2.35. The SMILES string of the molecule is CCCOc1ccc(Sc2ccc(C)cc2[N+](=O)[O-])cc1. The van der Waals surface area contributed by atoms with E-state index in [9.17, 15) is 10.1 Å². The van der Waals surface area contributed by atoms with Gasteiger partial charge in [0.25, 0.3) is 5.69 Å². The maximum absolute atomic E-state index is 11.1. The fraction of sp³-hybridized carbons (Fsp3) is 0.250. The monoisotopic (exact) mass is 303 g/mol. The van der Waals surface area contributed by atoms with Gasteiger partial charge in [0.2, 0.25) is 0 Å². The second-order valence-corrected chi connectivity index (χ2v) is 5.77. The molecular weight excluding hydrogens is 286 g/mol. The summed E-state index contributed by atoms with van der Waals surface area (Å²) in [5, 5.41) is 11.1. The highest BCUT2D eigenvalue weighted by molar-refractivity contribution is 7.99. The molecule has 0 heterocycles. The zero-order valence-electron chi connectivity index (χ0n) is 12.0. The molecule has 2 aromatic rings. The van der Waals surface area contributed by atoms with Crippen LogP contribution in [0, 0.1) is 17.0 Å². The quantitative estimate of drug-likeness (QED) is 0.566. The van der Waals surface area contributed by atoms with Gasteiger partial charge < -0.3 is 4.74 Å². The molecule has 0 fully saturated rings. The van der Waals surface area contributed by atoms with Crippen LogP contribution in [0.2, 0.25) is 0 Å². The van der Waals surface area contributed by atoms with Crippen LogP contribution < -0.4 is 4.74 Å². The van der Waals surface area contributed by atoms with Gasteiger partial charge in [-0.2, -0.15) is 0 Å². The van der Waals surface area contributed by atoms with Crippen LogP contribution in [-0.4, -0.2) is 11.5 Å². The maximum atomic E-state index is 11.1. The number of hydrogen-bond donors (Lipinski definition) is 0. The fourth-order valence-electron chi connectivity index (χ4n) is 1.81. The van der Waals surface area contributed by atoms with Gasteiger partial charge >= 0.3 is 0 Å². The lowest BCUT2D eigenvalue weighted by Gasteiger charge is -2.06. The minimum Gasteiger partial charge on any atom is -0.494 e. The van der Waals surface area contributed by atoms with Crippen LogP contribution in [0.15, 0.2) is 52.3 Å². The Morgan fingerprint density at radius 2 is 1.90 bits per heavy atom. The number of rotatable bonds is 6. The molecule has 21 heavy (non-hydrogen) atoms. The molecule has 2 aromatic carbocycles. The van der Waals surface area contributed by atoms with Crippen LogP contribution in [-0.2, 0) is 0 Å². The van der Waals surface area contributed by atoms with Crippen molar-refractivity contribution in [3.8, 4) is 5.75 Å². The van der Waals surface area contributed by atoms with E-state index in [1.54, 1.807) is 12.1 Å². The first-order valence-corrected chi connectivity index (χ1v) is 7.57. The number of hydrogen-bond acceptors (Lipinski definition) is 4. The van der Waals surface area contributed by atoms with Gasteiger partial charge in [0.05, 0.1) is 16.4 Å². The van der Waals surface area contributed by atoms with Gasteiger partial charge in [-0.15, -0.1) is 0 Å². The number of benzene rings is 2. The molecule has 0 spiro atoms. The summed E-state index contributed by atoms with van der Waals surface area (Å²) in [5.74, 6) is 0.819. The molecule has 0 N–H and O–H groups in total. The Morgan fingerprint density at radius 3 is 2.52 bits per heavy atom. The van der Waals surface area contributed by atoms with E-state index in [2.05, 4.69) is 6.92 Å². The summed E-state index contributed by atoms with van der Waals surface area (Å²) in [6.45, 7) is 4.60. The van der Waals surface area contributed by atoms with E-state index in [0.717, 1.165) is 22.6 Å². The molecule has 0 saturated carbocycles. The predicted molar refractivity (Wildman–Crippen MR) is 84.2 cm³/mol. The van der Waals surface area contributed by atoms with Crippen LogP contribution >= 0.6 is 11.8 Å². The van der Waals surface area contributed by atoms with Crippen LogP contribution in [0.3, 0.4) is 0 Å². The molecule has 5 heteroatoms. The van der Waals surface area contributed by atoms with E-state index in [0.29, 0.717) is 11.5 Å². The van der Waals surface area contributed by atoms with Gasteiger partial charge in [-0.05, 0) is 49.2 Å². The van der Waals surface area contributed by atoms with Crippen molar-refractivity contribution < 1.29 is 9.66 Å². The van der Waals surface area contributed by atoms with Crippen molar-refractivity contribution in [3.63, 3.8) is 0 Å². The maximum Gasteiger partial charge on any atom is 0.283 e. The third-order valence-electron chi connectivity index (χ3n) is 2.84. The lowest BCUT2D eigenvalue weighted by Crippen LogP contribution is -1.94. The van der Waals surface area contributed by atoms with Crippen molar-refractivity contribution in [1.29, 1.82) is 0 Å². The van der Waals surface area contributed by atoms with Crippen molar-refractivity contribution in [3.05, 3.63) is 58.1 Å². The largest absolute Gasteiger partial charge is 0.494 e. The summed E-state index contributed by atoms with van der Waals surface area (Å²) < 4.78 is 5.52. The number of aryl methyl sites for hydroxylation is 1. The molecule has 110 valence electrons. The summed E-state index contributed by atoms with van der Waals surface area (Å²) in [4.78, 5) is 12.4. The molecule has 0 radical (unpaired) electrons. The van der Waals surface area contributed by atoms with Crippen molar-refractivity contribution in [1.82, 2.24) is 0 Å². The Kier molecular flexibility index (Phi) is 5.22. The normalized spacial score (nSPS) is 10.4. The Bertz CT molecular complexity index is 626. The topological polar surface area (TPSA) is 52.4 Å². The first-order valence-electron chi connectivity index (χ1n) is 6.76. The number of nitrogens with zero attached hydrogens (tertiary/aromatic N) is 1. The lowest BCUT2D eigenvalue weighted by atomic mass is 10.2. The minimum atomic E-state index is -0.339. The smallest absolute Gasteiger partial charge is 0.283 e. The van der Waals surface area contributed by atoms with E-state index >= 15 is 0 Å². The van der Waals surface area contributed by atoms with Crippen molar-refractivity contribution >= 4 is 17.4 Å². The third kappa shape index (κ3) is 4.23. The summed E-state index contributed by atoms with van der Waals surface area (Å²) in [5.41, 5.74) is 1.03. The number of nitro benzene ring substituents is 1. The second kappa shape index (κ2) is 7.13. The van der Waals surface area contributed by atoms with E-state index in [1.807, 2.05) is 37.3 Å². The Labute approximate surface area is 128 Å². The number of nitro groups is 1. The summed E-state index contributed by atoms with van der Waals surface area (Å²) in [6, 6.07) is 12.9. The van der Waals surface area contributed by atoms with Gasteiger partial charge in [-0.3, -0.25) is 10.1 Å². The summed E-state index contributed by atoms with van der Waals surface area (Å²) in [7, 11) is 0. The van der Waals surface area contributed by atoms with Crippen molar-refractivity contribution in [2.45, 2.75) is 30.1 Å². The van der Waals surface area contributed by atoms with E-state index < -0.39 is 0 Å². The van der Waals surface area contributed by atoms with Crippen LogP contribution in [0.25, 0.3) is 0 Å². The van der Waals surface area contributed by atoms with Crippen molar-refractivity contribution in [2.24, 2.45) is 0 Å². The highest BCUT2D eigenvalue weighted by atomic mass is 32.2. The van der Waals surface area contributed by atoms with E-state index in [4.69, 9.17) is 4.74 Å². The molecule has 0 unspecified atom stereocenters. The number of ether oxygens (including phenoxy) is 1. The zero-order valence-corrected chi connectivity index (χ0v) is 12.9. The average molecular weight is 303 g/mol. The average Bonchev–Trinajstić information content (AvgIpc) is 2.48. The fourth-order valence-corrected chi connectivity index (χ4v) is 2.71. The van der Waals surface area contributed by atoms with Gasteiger partial charge in [-0.1, -0.05) is 24.8 Å². The van der Waals surface area contributed by atoms with E-state index in [1.165, 1.54) is 11.8 Å². The van der Waals surface area contributed by atoms with Gasteiger partial charge in [0, 0.05) is 11.0 Å². The molecule has 4 nitrogen and oxygen atoms in total. The molecule has 0 saturated heterocycles.